The first-order valence-electron chi connectivity index (χ1n) is 7.09. The molecule has 104 valence electrons. The molecule has 0 aromatic carbocycles. The number of piperidine rings is 1. The molecule has 2 aliphatic heterocycles. The number of nitrogens with zero attached hydrogens (tertiary/aromatic N) is 2. The van der Waals surface area contributed by atoms with Gasteiger partial charge in [-0.15, -0.1) is 0 Å². The second-order valence-corrected chi connectivity index (χ2v) is 5.82. The minimum absolute atomic E-state index is 0.122. The first kappa shape index (κ1) is 11.9. The summed E-state index contributed by atoms with van der Waals surface area (Å²) in [7, 11) is 0. The Morgan fingerprint density at radius 3 is 3.15 bits per heavy atom. The molecule has 2 saturated heterocycles. The number of hydrogen-bond donors (Lipinski definition) is 1. The van der Waals surface area contributed by atoms with Crippen LogP contribution in [0, 0.1) is 12.8 Å². The fraction of sp³-hybridized carbons (Fsp3) is 0.467. The monoisotopic (exact) mass is 271 g/mol. The van der Waals surface area contributed by atoms with Gasteiger partial charge in [0.25, 0.3) is 5.91 Å². The standard InChI is InChI=1S/C15H17N3O2/c1-9-6-10-2-4-16-13(14(10)20-9)15(19)17-12-8-18-5-3-11(12)7-18/h2,4,6,11-12H,3,5,7-8H2,1H3,(H,17,19). The van der Waals surface area contributed by atoms with Gasteiger partial charge in [0.2, 0.25) is 0 Å². The van der Waals surface area contributed by atoms with E-state index in [1.54, 1.807) is 6.20 Å². The second kappa shape index (κ2) is 4.31. The van der Waals surface area contributed by atoms with E-state index in [1.165, 1.54) is 13.0 Å². The molecular weight excluding hydrogens is 254 g/mol. The maximum Gasteiger partial charge on any atom is 0.274 e. The lowest BCUT2D eigenvalue weighted by molar-refractivity contribution is 0.0920. The molecule has 4 heterocycles. The number of nitrogens with one attached hydrogen (secondary N) is 1. The van der Waals surface area contributed by atoms with Gasteiger partial charge < -0.3 is 14.6 Å². The van der Waals surface area contributed by atoms with Crippen molar-refractivity contribution in [2.75, 3.05) is 19.6 Å². The van der Waals surface area contributed by atoms with E-state index in [0.717, 1.165) is 24.2 Å². The van der Waals surface area contributed by atoms with Crippen molar-refractivity contribution < 1.29 is 9.21 Å². The molecule has 1 amide bonds. The quantitative estimate of drug-likeness (QED) is 0.900. The number of fused-ring (bicyclic) bond motifs is 3. The number of carbonyl (C=O) groups is 1. The van der Waals surface area contributed by atoms with Crippen molar-refractivity contribution in [3.05, 3.63) is 29.8 Å². The molecule has 2 fully saturated rings. The van der Waals surface area contributed by atoms with Crippen LogP contribution in [0.3, 0.4) is 0 Å². The highest BCUT2D eigenvalue weighted by molar-refractivity contribution is 6.03. The van der Waals surface area contributed by atoms with Gasteiger partial charge in [-0.25, -0.2) is 4.98 Å². The zero-order valence-corrected chi connectivity index (χ0v) is 11.4. The number of aryl methyl sites for hydroxylation is 1. The number of aromatic nitrogens is 1. The average molecular weight is 271 g/mol. The van der Waals surface area contributed by atoms with Crippen LogP contribution >= 0.6 is 0 Å². The topological polar surface area (TPSA) is 58.4 Å². The third kappa shape index (κ3) is 1.81. The van der Waals surface area contributed by atoms with E-state index in [0.29, 0.717) is 17.2 Å². The lowest BCUT2D eigenvalue weighted by Crippen LogP contribution is -2.43. The summed E-state index contributed by atoms with van der Waals surface area (Å²) in [5.74, 6) is 1.27. The maximum atomic E-state index is 12.4. The van der Waals surface area contributed by atoms with Crippen molar-refractivity contribution in [3.63, 3.8) is 0 Å². The van der Waals surface area contributed by atoms with Crippen LogP contribution in [0.2, 0.25) is 0 Å². The van der Waals surface area contributed by atoms with E-state index in [1.807, 2.05) is 19.1 Å². The molecule has 0 radical (unpaired) electrons. The molecule has 2 aromatic heterocycles. The van der Waals surface area contributed by atoms with E-state index in [9.17, 15) is 4.79 Å². The molecule has 20 heavy (non-hydrogen) atoms. The summed E-state index contributed by atoms with van der Waals surface area (Å²) in [6.07, 6.45) is 2.85. The van der Waals surface area contributed by atoms with E-state index >= 15 is 0 Å². The van der Waals surface area contributed by atoms with Crippen molar-refractivity contribution in [2.24, 2.45) is 5.92 Å². The minimum Gasteiger partial charge on any atom is -0.459 e. The van der Waals surface area contributed by atoms with Gasteiger partial charge in [0.1, 0.15) is 5.76 Å². The van der Waals surface area contributed by atoms with Gasteiger partial charge in [0.15, 0.2) is 11.3 Å². The van der Waals surface area contributed by atoms with Gasteiger partial charge in [-0.3, -0.25) is 4.79 Å². The van der Waals surface area contributed by atoms with Gasteiger partial charge in [-0.1, -0.05) is 0 Å². The van der Waals surface area contributed by atoms with E-state index in [-0.39, 0.29) is 11.9 Å². The molecule has 3 unspecified atom stereocenters. The fourth-order valence-electron chi connectivity index (χ4n) is 3.44. The molecule has 0 saturated carbocycles. The van der Waals surface area contributed by atoms with Gasteiger partial charge in [-0.05, 0) is 37.9 Å². The molecule has 2 bridgehead atoms. The third-order valence-electron chi connectivity index (χ3n) is 4.42. The fourth-order valence-corrected chi connectivity index (χ4v) is 3.44. The Morgan fingerprint density at radius 1 is 1.50 bits per heavy atom. The highest BCUT2D eigenvalue weighted by Crippen LogP contribution is 2.28. The van der Waals surface area contributed by atoms with Crippen LogP contribution < -0.4 is 5.32 Å². The van der Waals surface area contributed by atoms with Crippen LogP contribution in [-0.2, 0) is 0 Å². The van der Waals surface area contributed by atoms with Crippen LogP contribution in [0.4, 0.5) is 0 Å². The summed E-state index contributed by atoms with van der Waals surface area (Å²) >= 11 is 0. The lowest BCUT2D eigenvalue weighted by atomic mass is 10.00. The van der Waals surface area contributed by atoms with Crippen LogP contribution in [0.1, 0.15) is 22.7 Å². The highest BCUT2D eigenvalue weighted by Gasteiger charge is 2.39. The second-order valence-electron chi connectivity index (χ2n) is 5.82. The summed E-state index contributed by atoms with van der Waals surface area (Å²) in [6.45, 7) is 5.12. The predicted octanol–water partition coefficient (Wildman–Crippen LogP) is 1.57. The summed E-state index contributed by atoms with van der Waals surface area (Å²) in [5, 5.41) is 4.05. The number of hydrogen-bond acceptors (Lipinski definition) is 4. The molecule has 5 heteroatoms. The van der Waals surface area contributed by atoms with Gasteiger partial charge in [-0.2, -0.15) is 0 Å². The van der Waals surface area contributed by atoms with Crippen LogP contribution in [-0.4, -0.2) is 41.5 Å². The third-order valence-corrected chi connectivity index (χ3v) is 4.42. The first-order chi connectivity index (χ1) is 9.70. The SMILES string of the molecule is Cc1cc2ccnc(C(=O)NC3CN4CCC3C4)c2o1. The summed E-state index contributed by atoms with van der Waals surface area (Å²) < 4.78 is 5.61. The zero-order chi connectivity index (χ0) is 13.7. The average Bonchev–Trinajstić information content (AvgIpc) is 3.10. The smallest absolute Gasteiger partial charge is 0.274 e. The molecule has 4 rings (SSSR count). The van der Waals surface area contributed by atoms with Crippen LogP contribution in [0.25, 0.3) is 11.0 Å². The Morgan fingerprint density at radius 2 is 2.40 bits per heavy atom. The molecule has 0 spiro atoms. The number of amides is 1. The molecule has 2 aliphatic rings. The Kier molecular flexibility index (Phi) is 2.57. The summed E-state index contributed by atoms with van der Waals surface area (Å²) in [5.41, 5.74) is 0.985. The molecule has 1 N–H and O–H groups in total. The number of carbonyl (C=O) groups excluding carboxylic acids is 1. The number of pyridine rings is 1. The van der Waals surface area contributed by atoms with E-state index < -0.39 is 0 Å². The van der Waals surface area contributed by atoms with E-state index in [4.69, 9.17) is 4.42 Å². The Balaban J connectivity index is 1.61. The van der Waals surface area contributed by atoms with Crippen LogP contribution in [0.15, 0.2) is 22.7 Å². The lowest BCUT2D eigenvalue weighted by Gasteiger charge is -2.22. The molecule has 2 aromatic rings. The van der Waals surface area contributed by atoms with Gasteiger partial charge in [0, 0.05) is 30.7 Å². The molecular formula is C15H17N3O2. The van der Waals surface area contributed by atoms with Gasteiger partial charge in [0.05, 0.1) is 0 Å². The van der Waals surface area contributed by atoms with Crippen molar-refractivity contribution in [3.8, 4) is 0 Å². The van der Waals surface area contributed by atoms with Crippen molar-refractivity contribution >= 4 is 16.9 Å². The Hall–Kier alpha value is -1.88. The number of rotatable bonds is 2. The Bertz CT molecular complexity index is 679. The normalized spacial score (nSPS) is 28.1. The first-order valence-corrected chi connectivity index (χ1v) is 7.09. The minimum atomic E-state index is -0.122. The van der Waals surface area contributed by atoms with E-state index in [2.05, 4.69) is 15.2 Å². The van der Waals surface area contributed by atoms with Gasteiger partial charge >= 0.3 is 0 Å². The van der Waals surface area contributed by atoms with Crippen molar-refractivity contribution in [1.29, 1.82) is 0 Å². The Labute approximate surface area is 117 Å². The summed E-state index contributed by atoms with van der Waals surface area (Å²) in [6, 6.07) is 4.05. The molecule has 5 nitrogen and oxygen atoms in total. The predicted molar refractivity (Wildman–Crippen MR) is 74.5 cm³/mol. The maximum absolute atomic E-state index is 12.4. The highest BCUT2D eigenvalue weighted by atomic mass is 16.3. The largest absolute Gasteiger partial charge is 0.459 e. The van der Waals surface area contributed by atoms with Crippen molar-refractivity contribution in [1.82, 2.24) is 15.2 Å². The van der Waals surface area contributed by atoms with Crippen molar-refractivity contribution in [2.45, 2.75) is 19.4 Å². The summed E-state index contributed by atoms with van der Waals surface area (Å²) in [4.78, 5) is 19.1. The zero-order valence-electron chi connectivity index (χ0n) is 11.4. The molecule has 0 aliphatic carbocycles. The number of furan rings is 1. The van der Waals surface area contributed by atoms with Crippen LogP contribution in [0.5, 0.6) is 0 Å². The molecule has 3 atom stereocenters.